The van der Waals surface area contributed by atoms with Gasteiger partial charge in [-0.15, -0.1) is 0 Å². The number of aromatic amines is 1. The summed E-state index contributed by atoms with van der Waals surface area (Å²) >= 11 is 0. The van der Waals surface area contributed by atoms with E-state index in [1.165, 1.54) is 115 Å². The van der Waals surface area contributed by atoms with Crippen LogP contribution in [0, 0.1) is 0 Å². The molecule has 1 nitrogen and oxygen atoms in total. The molecular weight excluding hydrogens is 687 g/mol. The molecule has 0 fully saturated rings. The van der Waals surface area contributed by atoms with Crippen LogP contribution in [0.3, 0.4) is 0 Å². The lowest BCUT2D eigenvalue weighted by molar-refractivity contribution is 1.56. The van der Waals surface area contributed by atoms with E-state index in [1.54, 1.807) is 0 Å². The van der Waals surface area contributed by atoms with E-state index >= 15 is 0 Å². The quantitative estimate of drug-likeness (QED) is 0.138. The molecule has 0 bridgehead atoms. The van der Waals surface area contributed by atoms with E-state index in [0.717, 1.165) is 5.52 Å². The topological polar surface area (TPSA) is 15.8 Å². The van der Waals surface area contributed by atoms with Crippen molar-refractivity contribution in [3.8, 4) is 44.5 Å². The largest absolute Gasteiger partial charge is 0.354 e. The number of nitrogens with one attached hydrogen (secondary N) is 1. The number of aromatic nitrogens is 1. The van der Waals surface area contributed by atoms with Crippen molar-refractivity contribution in [2.24, 2.45) is 0 Å². The minimum Gasteiger partial charge on any atom is -0.354 e. The molecule has 264 valence electrons. The highest BCUT2D eigenvalue weighted by molar-refractivity contribution is 6.31. The van der Waals surface area contributed by atoms with Gasteiger partial charge in [0.25, 0.3) is 0 Å². The zero-order valence-electron chi connectivity index (χ0n) is 31.1. The summed E-state index contributed by atoms with van der Waals surface area (Å²) in [5.74, 6) is 0. The molecule has 1 N–H and O–H groups in total. The van der Waals surface area contributed by atoms with Crippen LogP contribution in [0.15, 0.2) is 206 Å². The first-order chi connectivity index (χ1) is 28.3. The summed E-state index contributed by atoms with van der Waals surface area (Å²) in [6.07, 6.45) is 0. The summed E-state index contributed by atoms with van der Waals surface area (Å²) in [6, 6.07) is 75.9. The molecule has 1 heteroatoms. The lowest BCUT2D eigenvalue weighted by Crippen LogP contribution is -1.91. The average molecular weight is 722 g/mol. The Bertz CT molecular complexity index is 3520. The zero-order valence-corrected chi connectivity index (χ0v) is 31.1. The van der Waals surface area contributed by atoms with E-state index in [0.29, 0.717) is 0 Å². The molecule has 0 amide bonds. The Morgan fingerprint density at radius 2 is 0.719 bits per heavy atom. The second-order valence-corrected chi connectivity index (χ2v) is 15.3. The van der Waals surface area contributed by atoms with Gasteiger partial charge in [-0.3, -0.25) is 0 Å². The predicted octanol–water partition coefficient (Wildman–Crippen LogP) is 15.8. The predicted molar refractivity (Wildman–Crippen MR) is 245 cm³/mol. The van der Waals surface area contributed by atoms with E-state index in [-0.39, 0.29) is 0 Å². The Morgan fingerprint density at radius 3 is 1.39 bits per heavy atom. The minimum absolute atomic E-state index is 1.16. The molecule has 0 saturated heterocycles. The van der Waals surface area contributed by atoms with E-state index in [1.807, 2.05) is 0 Å². The van der Waals surface area contributed by atoms with Crippen molar-refractivity contribution in [1.29, 1.82) is 0 Å². The van der Waals surface area contributed by atoms with Crippen molar-refractivity contribution in [3.05, 3.63) is 206 Å². The first-order valence-electron chi connectivity index (χ1n) is 19.8. The van der Waals surface area contributed by atoms with Gasteiger partial charge in [-0.2, -0.15) is 0 Å². The van der Waals surface area contributed by atoms with Crippen molar-refractivity contribution in [3.63, 3.8) is 0 Å². The first-order valence-corrected chi connectivity index (χ1v) is 19.8. The standard InChI is InChI=1S/C56H35N/c1-2-20-41-35(14-1)15-13-29-42(41)38-17-12-19-40(33-38)54-48-26-8-6-24-46(48)53(47-25-7-9-27-49(47)54)39-18-11-16-36(32-39)37-30-31-52-51(34-37)55-45-23-5-3-21-43(45)44-22-4-10-28-50(44)56(55)57-52/h1-34,57H. The van der Waals surface area contributed by atoms with Crippen molar-refractivity contribution in [1.82, 2.24) is 4.98 Å². The Hall–Kier alpha value is -7.48. The molecule has 0 aliphatic carbocycles. The number of hydrogen-bond acceptors (Lipinski definition) is 0. The molecule has 0 spiro atoms. The first kappa shape index (κ1) is 31.8. The molecular formula is C56H35N. The molecule has 0 aliphatic heterocycles. The maximum atomic E-state index is 3.81. The lowest BCUT2D eigenvalue weighted by Gasteiger charge is -2.19. The van der Waals surface area contributed by atoms with Gasteiger partial charge >= 0.3 is 0 Å². The molecule has 0 unspecified atom stereocenters. The smallest absolute Gasteiger partial charge is 0.0551 e. The van der Waals surface area contributed by atoms with Crippen LogP contribution in [0.2, 0.25) is 0 Å². The van der Waals surface area contributed by atoms with Crippen LogP contribution in [0.25, 0.3) is 120 Å². The van der Waals surface area contributed by atoms with Gasteiger partial charge < -0.3 is 4.98 Å². The summed E-state index contributed by atoms with van der Waals surface area (Å²) < 4.78 is 0. The van der Waals surface area contributed by atoms with Crippen molar-refractivity contribution >= 4 is 75.7 Å². The molecule has 0 saturated carbocycles. The van der Waals surface area contributed by atoms with E-state index < -0.39 is 0 Å². The number of hydrogen-bond donors (Lipinski definition) is 1. The van der Waals surface area contributed by atoms with Crippen molar-refractivity contribution < 1.29 is 0 Å². The molecule has 1 aromatic heterocycles. The van der Waals surface area contributed by atoms with Gasteiger partial charge in [0.05, 0.1) is 5.52 Å². The average Bonchev–Trinajstić information content (AvgIpc) is 3.68. The molecule has 0 aliphatic rings. The fourth-order valence-electron chi connectivity index (χ4n) is 9.65. The highest BCUT2D eigenvalue weighted by Gasteiger charge is 2.19. The number of benzene rings is 11. The summed E-state index contributed by atoms with van der Waals surface area (Å²) in [6.45, 7) is 0. The van der Waals surface area contributed by atoms with Crippen LogP contribution in [0.4, 0.5) is 0 Å². The maximum Gasteiger partial charge on any atom is 0.0551 e. The van der Waals surface area contributed by atoms with Crippen LogP contribution >= 0.6 is 0 Å². The molecule has 11 aromatic carbocycles. The fraction of sp³-hybridized carbons (Fsp3) is 0. The van der Waals surface area contributed by atoms with Crippen molar-refractivity contribution in [2.45, 2.75) is 0 Å². The van der Waals surface area contributed by atoms with Gasteiger partial charge in [-0.25, -0.2) is 0 Å². The normalized spacial score (nSPS) is 11.9. The van der Waals surface area contributed by atoms with Gasteiger partial charge in [0.15, 0.2) is 0 Å². The van der Waals surface area contributed by atoms with Gasteiger partial charge in [-0.1, -0.05) is 182 Å². The van der Waals surface area contributed by atoms with Crippen LogP contribution in [0.1, 0.15) is 0 Å². The number of fused-ring (bicyclic) bond motifs is 11. The Labute approximate surface area is 330 Å². The van der Waals surface area contributed by atoms with Gasteiger partial charge in [-0.05, 0) is 117 Å². The molecule has 57 heavy (non-hydrogen) atoms. The monoisotopic (exact) mass is 721 g/mol. The Kier molecular flexibility index (Phi) is 7.00. The van der Waals surface area contributed by atoms with Crippen LogP contribution in [-0.2, 0) is 0 Å². The third-order valence-corrected chi connectivity index (χ3v) is 12.1. The second-order valence-electron chi connectivity index (χ2n) is 15.3. The highest BCUT2D eigenvalue weighted by Crippen LogP contribution is 2.46. The summed E-state index contributed by atoms with van der Waals surface area (Å²) in [7, 11) is 0. The second kappa shape index (κ2) is 12.5. The Morgan fingerprint density at radius 1 is 0.263 bits per heavy atom. The van der Waals surface area contributed by atoms with Crippen LogP contribution in [0.5, 0.6) is 0 Å². The summed E-state index contributed by atoms with van der Waals surface area (Å²) in [4.78, 5) is 3.81. The van der Waals surface area contributed by atoms with Gasteiger partial charge in [0.1, 0.15) is 0 Å². The number of rotatable bonds is 4. The van der Waals surface area contributed by atoms with Crippen molar-refractivity contribution in [2.75, 3.05) is 0 Å². The highest BCUT2D eigenvalue weighted by atomic mass is 14.7. The number of H-pyrrole nitrogens is 1. The van der Waals surface area contributed by atoms with Crippen LogP contribution in [-0.4, -0.2) is 4.98 Å². The molecule has 12 aromatic rings. The third kappa shape index (κ3) is 4.89. The maximum absolute atomic E-state index is 3.81. The minimum atomic E-state index is 1.16. The fourth-order valence-corrected chi connectivity index (χ4v) is 9.65. The SMILES string of the molecule is c1cc(-c2ccc3[nH]c4c5ccccc5c5ccccc5c4c3c2)cc(-c2c3ccccc3c(-c3cccc(-c4cccc5ccccc45)c3)c3ccccc23)c1. The molecule has 1 heterocycles. The van der Waals surface area contributed by atoms with E-state index in [4.69, 9.17) is 0 Å². The summed E-state index contributed by atoms with van der Waals surface area (Å²) in [5, 5.41) is 15.2. The third-order valence-electron chi connectivity index (χ3n) is 12.1. The van der Waals surface area contributed by atoms with Gasteiger partial charge in [0.2, 0.25) is 0 Å². The summed E-state index contributed by atoms with van der Waals surface area (Å²) in [5.41, 5.74) is 12.2. The zero-order chi connectivity index (χ0) is 37.5. The molecule has 0 radical (unpaired) electrons. The van der Waals surface area contributed by atoms with E-state index in [2.05, 4.69) is 211 Å². The molecule has 12 rings (SSSR count). The Balaban J connectivity index is 1.05. The lowest BCUT2D eigenvalue weighted by atomic mass is 9.84. The molecule has 0 atom stereocenters. The van der Waals surface area contributed by atoms with Crippen LogP contribution < -0.4 is 0 Å². The van der Waals surface area contributed by atoms with Gasteiger partial charge in [0, 0.05) is 21.7 Å². The van der Waals surface area contributed by atoms with E-state index in [9.17, 15) is 0 Å².